The quantitative estimate of drug-likeness (QED) is 0.830. The van der Waals surface area contributed by atoms with Crippen molar-refractivity contribution in [2.45, 2.75) is 12.2 Å². The molecule has 21 heavy (non-hydrogen) atoms. The normalized spacial score (nSPS) is 22.1. The Bertz CT molecular complexity index is 541. The largest absolute Gasteiger partial charge is 0.478 e. The number of carbonyl (C=O) groups is 2. The van der Waals surface area contributed by atoms with Crippen LogP contribution in [-0.2, 0) is 14.3 Å². The van der Waals surface area contributed by atoms with Gasteiger partial charge in [0.1, 0.15) is 12.2 Å². The maximum atomic E-state index is 12.4. The average molecular weight is 311 g/mol. The van der Waals surface area contributed by atoms with E-state index in [9.17, 15) is 9.59 Å². The van der Waals surface area contributed by atoms with Crippen LogP contribution in [0, 0.1) is 0 Å². The molecule has 1 fully saturated rings. The SMILES string of the molecule is COC1CN(C(=O)c2ccc(/C=C/C(=O)O)s2)CC1OC. The number of carboxylic acid groups (broad SMARTS) is 1. The summed E-state index contributed by atoms with van der Waals surface area (Å²) < 4.78 is 10.6. The number of carbonyl (C=O) groups excluding carboxylic acids is 1. The summed E-state index contributed by atoms with van der Waals surface area (Å²) in [6.45, 7) is 0.984. The molecule has 0 aliphatic carbocycles. The minimum atomic E-state index is -1.01. The Balaban J connectivity index is 2.06. The van der Waals surface area contributed by atoms with Gasteiger partial charge in [0.25, 0.3) is 5.91 Å². The number of carboxylic acids is 1. The molecule has 0 bridgehead atoms. The summed E-state index contributed by atoms with van der Waals surface area (Å²) in [4.78, 5) is 25.9. The summed E-state index contributed by atoms with van der Waals surface area (Å²) in [5, 5.41) is 8.59. The van der Waals surface area contributed by atoms with Gasteiger partial charge in [-0.15, -0.1) is 11.3 Å². The van der Waals surface area contributed by atoms with Gasteiger partial charge in [-0.3, -0.25) is 4.79 Å². The summed E-state index contributed by atoms with van der Waals surface area (Å²) in [6, 6.07) is 3.44. The van der Waals surface area contributed by atoms with Crippen LogP contribution in [0.4, 0.5) is 0 Å². The zero-order valence-electron chi connectivity index (χ0n) is 11.8. The van der Waals surface area contributed by atoms with E-state index in [1.54, 1.807) is 31.3 Å². The second kappa shape index (κ2) is 6.84. The second-order valence-electron chi connectivity index (χ2n) is 4.63. The molecule has 2 atom stereocenters. The van der Waals surface area contributed by atoms with Crippen LogP contribution >= 0.6 is 11.3 Å². The molecule has 1 saturated heterocycles. The van der Waals surface area contributed by atoms with Crippen LogP contribution in [0.5, 0.6) is 0 Å². The Kier molecular flexibility index (Phi) is 5.11. The highest BCUT2D eigenvalue weighted by molar-refractivity contribution is 7.14. The van der Waals surface area contributed by atoms with E-state index in [1.165, 1.54) is 17.4 Å². The fraction of sp³-hybridized carbons (Fsp3) is 0.429. The highest BCUT2D eigenvalue weighted by Crippen LogP contribution is 2.23. The maximum absolute atomic E-state index is 12.4. The number of rotatable bonds is 5. The smallest absolute Gasteiger partial charge is 0.328 e. The number of ether oxygens (including phenoxy) is 2. The number of hydrogen-bond donors (Lipinski definition) is 1. The molecule has 1 amide bonds. The first-order chi connectivity index (χ1) is 10.0. The van der Waals surface area contributed by atoms with E-state index in [-0.39, 0.29) is 18.1 Å². The molecule has 2 rings (SSSR count). The molecule has 1 aromatic rings. The maximum Gasteiger partial charge on any atom is 0.328 e. The zero-order valence-corrected chi connectivity index (χ0v) is 12.6. The highest BCUT2D eigenvalue weighted by Gasteiger charge is 2.36. The molecule has 0 aromatic carbocycles. The molecule has 0 spiro atoms. The van der Waals surface area contributed by atoms with Crippen LogP contribution in [0.2, 0.25) is 0 Å². The molecule has 2 heterocycles. The third-order valence-electron chi connectivity index (χ3n) is 3.34. The van der Waals surface area contributed by atoms with Crippen molar-refractivity contribution in [2.24, 2.45) is 0 Å². The second-order valence-corrected chi connectivity index (χ2v) is 5.75. The lowest BCUT2D eigenvalue weighted by Gasteiger charge is -2.14. The molecule has 0 saturated carbocycles. The van der Waals surface area contributed by atoms with Crippen molar-refractivity contribution in [3.05, 3.63) is 28.0 Å². The van der Waals surface area contributed by atoms with E-state index in [4.69, 9.17) is 14.6 Å². The average Bonchev–Trinajstić information content (AvgIpc) is 3.10. The lowest BCUT2D eigenvalue weighted by Crippen LogP contribution is -2.29. The van der Waals surface area contributed by atoms with Crippen molar-refractivity contribution >= 4 is 29.3 Å². The van der Waals surface area contributed by atoms with Gasteiger partial charge < -0.3 is 19.5 Å². The Morgan fingerprint density at radius 1 is 1.29 bits per heavy atom. The van der Waals surface area contributed by atoms with E-state index in [0.717, 1.165) is 11.0 Å². The van der Waals surface area contributed by atoms with Gasteiger partial charge in [0, 0.05) is 38.3 Å². The van der Waals surface area contributed by atoms with Crippen LogP contribution in [-0.4, -0.2) is 61.4 Å². The van der Waals surface area contributed by atoms with Gasteiger partial charge in [-0.05, 0) is 18.2 Å². The standard InChI is InChI=1S/C14H17NO5S/c1-19-10-7-15(8-11(10)20-2)14(18)12-5-3-9(21-12)4-6-13(16)17/h3-6,10-11H,7-8H2,1-2H3,(H,16,17)/b6-4+. The topological polar surface area (TPSA) is 76.1 Å². The summed E-state index contributed by atoms with van der Waals surface area (Å²) in [5.41, 5.74) is 0. The van der Waals surface area contributed by atoms with Crippen molar-refractivity contribution in [1.82, 2.24) is 4.90 Å². The molecule has 1 aliphatic rings. The van der Waals surface area contributed by atoms with Crippen LogP contribution < -0.4 is 0 Å². The number of methoxy groups -OCH3 is 2. The number of likely N-dealkylation sites (tertiary alicyclic amines) is 1. The number of nitrogens with zero attached hydrogens (tertiary/aromatic N) is 1. The first-order valence-electron chi connectivity index (χ1n) is 6.41. The fourth-order valence-corrected chi connectivity index (χ4v) is 3.11. The first kappa shape index (κ1) is 15.7. The van der Waals surface area contributed by atoms with Crippen molar-refractivity contribution < 1.29 is 24.2 Å². The van der Waals surface area contributed by atoms with Crippen LogP contribution in [0.1, 0.15) is 14.5 Å². The number of thiophene rings is 1. The predicted octanol–water partition coefficient (Wildman–Crippen LogP) is 1.33. The van der Waals surface area contributed by atoms with Gasteiger partial charge >= 0.3 is 5.97 Å². The lowest BCUT2D eigenvalue weighted by molar-refractivity contribution is -0.131. The molecule has 114 valence electrons. The molecule has 7 heteroatoms. The van der Waals surface area contributed by atoms with E-state index in [1.807, 2.05) is 0 Å². The van der Waals surface area contributed by atoms with E-state index in [0.29, 0.717) is 18.0 Å². The minimum absolute atomic E-state index is 0.0865. The lowest BCUT2D eigenvalue weighted by atomic mass is 10.3. The predicted molar refractivity (Wildman–Crippen MR) is 78.5 cm³/mol. The van der Waals surface area contributed by atoms with Crippen LogP contribution in [0.3, 0.4) is 0 Å². The van der Waals surface area contributed by atoms with Gasteiger partial charge in [-0.2, -0.15) is 0 Å². The molecule has 6 nitrogen and oxygen atoms in total. The van der Waals surface area contributed by atoms with Gasteiger partial charge in [0.2, 0.25) is 0 Å². The van der Waals surface area contributed by atoms with E-state index < -0.39 is 5.97 Å². The van der Waals surface area contributed by atoms with Crippen molar-refractivity contribution in [2.75, 3.05) is 27.3 Å². The minimum Gasteiger partial charge on any atom is -0.478 e. The molecular formula is C14H17NO5S. The van der Waals surface area contributed by atoms with Crippen molar-refractivity contribution in [3.63, 3.8) is 0 Å². The Labute approximate surface area is 126 Å². The third kappa shape index (κ3) is 3.69. The van der Waals surface area contributed by atoms with Gasteiger partial charge in [-0.25, -0.2) is 4.79 Å². The Hall–Kier alpha value is -1.70. The molecule has 1 aliphatic heterocycles. The van der Waals surface area contributed by atoms with Gasteiger partial charge in [0.05, 0.1) is 4.88 Å². The van der Waals surface area contributed by atoms with Crippen LogP contribution in [0.25, 0.3) is 6.08 Å². The summed E-state index contributed by atoms with van der Waals surface area (Å²) in [6.07, 6.45) is 2.29. The number of amides is 1. The Morgan fingerprint density at radius 2 is 1.90 bits per heavy atom. The number of hydrogen-bond acceptors (Lipinski definition) is 5. The van der Waals surface area contributed by atoms with E-state index in [2.05, 4.69) is 0 Å². The number of aliphatic carboxylic acids is 1. The molecule has 0 radical (unpaired) electrons. The molecule has 2 unspecified atom stereocenters. The first-order valence-corrected chi connectivity index (χ1v) is 7.22. The van der Waals surface area contributed by atoms with Gasteiger partial charge in [0.15, 0.2) is 0 Å². The third-order valence-corrected chi connectivity index (χ3v) is 4.37. The summed E-state index contributed by atoms with van der Waals surface area (Å²) >= 11 is 1.26. The monoisotopic (exact) mass is 311 g/mol. The van der Waals surface area contributed by atoms with Crippen LogP contribution in [0.15, 0.2) is 18.2 Å². The Morgan fingerprint density at radius 3 is 2.43 bits per heavy atom. The highest BCUT2D eigenvalue weighted by atomic mass is 32.1. The van der Waals surface area contributed by atoms with E-state index >= 15 is 0 Å². The van der Waals surface area contributed by atoms with Crippen molar-refractivity contribution in [3.8, 4) is 0 Å². The van der Waals surface area contributed by atoms with Gasteiger partial charge in [-0.1, -0.05) is 0 Å². The molecule has 1 N–H and O–H groups in total. The fourth-order valence-electron chi connectivity index (χ4n) is 2.23. The molecular weight excluding hydrogens is 294 g/mol. The molecule has 1 aromatic heterocycles. The zero-order chi connectivity index (χ0) is 15.4. The van der Waals surface area contributed by atoms with Crippen molar-refractivity contribution in [1.29, 1.82) is 0 Å². The summed E-state index contributed by atoms with van der Waals surface area (Å²) in [5.74, 6) is -1.10. The summed E-state index contributed by atoms with van der Waals surface area (Å²) in [7, 11) is 3.20.